The maximum absolute atomic E-state index is 12.4. The van der Waals surface area contributed by atoms with E-state index in [0.717, 1.165) is 0 Å². The lowest BCUT2D eigenvalue weighted by Crippen LogP contribution is -2.38. The molecule has 0 spiro atoms. The molecule has 0 radical (unpaired) electrons. The first kappa shape index (κ1) is 16.2. The fourth-order valence-electron chi connectivity index (χ4n) is 2.55. The fraction of sp³-hybridized carbons (Fsp3) is 0.167. The number of benzene rings is 2. The molecule has 1 N–H and O–H groups in total. The molecule has 0 aromatic heterocycles. The number of Topliss-reactive ketones (excluding diaryl/α,β-unsaturated/α-hetero) is 1. The number of anilines is 1. The summed E-state index contributed by atoms with van der Waals surface area (Å²) in [6, 6.07) is 11.4. The molecule has 1 heterocycles. The Balaban J connectivity index is 1.78. The number of esters is 1. The van der Waals surface area contributed by atoms with Crippen molar-refractivity contribution in [2.45, 2.75) is 19.4 Å². The summed E-state index contributed by atoms with van der Waals surface area (Å²) in [7, 11) is 0. The molecule has 5 nitrogen and oxygen atoms in total. The zero-order valence-electron chi connectivity index (χ0n) is 12.8. The Kier molecular flexibility index (Phi) is 4.36. The molecule has 1 aliphatic rings. The lowest BCUT2D eigenvalue weighted by atomic mass is 9.98. The van der Waals surface area contributed by atoms with Gasteiger partial charge in [0.25, 0.3) is 5.91 Å². The number of ketones is 1. The Morgan fingerprint density at radius 3 is 2.75 bits per heavy atom. The molecule has 0 saturated heterocycles. The van der Waals surface area contributed by atoms with Gasteiger partial charge in [-0.1, -0.05) is 23.7 Å². The smallest absolute Gasteiger partial charge is 0.339 e. The second-order valence-electron chi connectivity index (χ2n) is 5.53. The van der Waals surface area contributed by atoms with Crippen molar-refractivity contribution in [3.05, 3.63) is 64.2 Å². The molecule has 0 aliphatic carbocycles. The summed E-state index contributed by atoms with van der Waals surface area (Å²) in [5.41, 5.74) is 2.06. The number of halogens is 1. The van der Waals surface area contributed by atoms with Crippen molar-refractivity contribution in [3.63, 3.8) is 0 Å². The standard InChI is InChI=1S/C18H14ClNO4/c1-10(21)11-3-2-4-14(8-11)20-17(22)16-9-12-7-13(19)5-6-15(12)18(23)24-16/h2-8,16H,9H2,1H3,(H,20,22). The van der Waals surface area contributed by atoms with E-state index in [-0.39, 0.29) is 12.2 Å². The van der Waals surface area contributed by atoms with Crippen molar-refractivity contribution in [3.8, 4) is 0 Å². The van der Waals surface area contributed by atoms with Crippen molar-refractivity contribution in [1.82, 2.24) is 0 Å². The lowest BCUT2D eigenvalue weighted by Gasteiger charge is -2.24. The minimum Gasteiger partial charge on any atom is -0.448 e. The minimum atomic E-state index is -0.940. The molecule has 2 aromatic rings. The van der Waals surface area contributed by atoms with Crippen LogP contribution in [0.1, 0.15) is 33.2 Å². The van der Waals surface area contributed by atoms with Gasteiger partial charge in [0.2, 0.25) is 0 Å². The summed E-state index contributed by atoms with van der Waals surface area (Å²) in [4.78, 5) is 35.8. The summed E-state index contributed by atoms with van der Waals surface area (Å²) < 4.78 is 5.20. The third kappa shape index (κ3) is 3.31. The van der Waals surface area contributed by atoms with E-state index < -0.39 is 18.0 Å². The third-order valence-corrected chi connectivity index (χ3v) is 4.01. The monoisotopic (exact) mass is 343 g/mol. The number of nitrogens with one attached hydrogen (secondary N) is 1. The molecule has 2 aromatic carbocycles. The molecule has 3 rings (SSSR count). The van der Waals surface area contributed by atoms with Crippen molar-refractivity contribution < 1.29 is 19.1 Å². The topological polar surface area (TPSA) is 72.5 Å². The van der Waals surface area contributed by atoms with Gasteiger partial charge in [0.05, 0.1) is 5.56 Å². The Hall–Kier alpha value is -2.66. The summed E-state index contributed by atoms with van der Waals surface area (Å²) in [6.45, 7) is 1.45. The van der Waals surface area contributed by atoms with Crippen LogP contribution in [0.15, 0.2) is 42.5 Å². The zero-order valence-corrected chi connectivity index (χ0v) is 13.6. The first-order valence-electron chi connectivity index (χ1n) is 7.35. The molecule has 1 unspecified atom stereocenters. The van der Waals surface area contributed by atoms with Crippen LogP contribution in [-0.2, 0) is 16.0 Å². The Bertz CT molecular complexity index is 847. The van der Waals surface area contributed by atoms with Gasteiger partial charge in [0.1, 0.15) is 0 Å². The van der Waals surface area contributed by atoms with Crippen LogP contribution in [0.4, 0.5) is 5.69 Å². The average Bonchev–Trinajstić information content (AvgIpc) is 2.54. The van der Waals surface area contributed by atoms with Crippen molar-refractivity contribution in [2.24, 2.45) is 0 Å². The molecule has 6 heteroatoms. The van der Waals surface area contributed by atoms with Crippen LogP contribution >= 0.6 is 11.6 Å². The second-order valence-corrected chi connectivity index (χ2v) is 5.96. The van der Waals surface area contributed by atoms with Gasteiger partial charge in [-0.2, -0.15) is 0 Å². The van der Waals surface area contributed by atoms with Crippen molar-refractivity contribution >= 4 is 34.9 Å². The predicted molar refractivity (Wildman–Crippen MR) is 89.4 cm³/mol. The number of cyclic esters (lactones) is 1. The quantitative estimate of drug-likeness (QED) is 0.685. The lowest BCUT2D eigenvalue weighted by molar-refractivity contribution is -0.125. The summed E-state index contributed by atoms with van der Waals surface area (Å²) in [6.07, 6.45) is -0.690. The minimum absolute atomic E-state index is 0.0984. The normalized spacial score (nSPS) is 16.1. The van der Waals surface area contributed by atoms with E-state index in [4.69, 9.17) is 16.3 Å². The zero-order chi connectivity index (χ0) is 17.3. The number of hydrogen-bond donors (Lipinski definition) is 1. The van der Waals surface area contributed by atoms with Crippen molar-refractivity contribution in [2.75, 3.05) is 5.32 Å². The van der Waals surface area contributed by atoms with Crippen LogP contribution in [0.25, 0.3) is 0 Å². The van der Waals surface area contributed by atoms with Gasteiger partial charge in [-0.15, -0.1) is 0 Å². The highest BCUT2D eigenvalue weighted by Crippen LogP contribution is 2.25. The largest absolute Gasteiger partial charge is 0.448 e. The van der Waals surface area contributed by atoms with E-state index in [2.05, 4.69) is 5.32 Å². The number of amides is 1. The van der Waals surface area contributed by atoms with Crippen LogP contribution in [0.5, 0.6) is 0 Å². The van der Waals surface area contributed by atoms with E-state index in [1.807, 2.05) is 0 Å². The van der Waals surface area contributed by atoms with Crippen molar-refractivity contribution in [1.29, 1.82) is 0 Å². The van der Waals surface area contributed by atoms with E-state index in [1.54, 1.807) is 42.5 Å². The molecule has 1 atom stereocenters. The van der Waals surface area contributed by atoms with Gasteiger partial charge in [-0.3, -0.25) is 9.59 Å². The van der Waals surface area contributed by atoms with E-state index >= 15 is 0 Å². The van der Waals surface area contributed by atoms with Crippen LogP contribution < -0.4 is 5.32 Å². The van der Waals surface area contributed by atoms with Gasteiger partial charge in [0.15, 0.2) is 11.9 Å². The number of rotatable bonds is 3. The van der Waals surface area contributed by atoms with E-state index in [1.165, 1.54) is 6.92 Å². The number of carbonyl (C=O) groups excluding carboxylic acids is 3. The highest BCUT2D eigenvalue weighted by molar-refractivity contribution is 6.30. The number of carbonyl (C=O) groups is 3. The van der Waals surface area contributed by atoms with E-state index in [9.17, 15) is 14.4 Å². The number of ether oxygens (including phenoxy) is 1. The fourth-order valence-corrected chi connectivity index (χ4v) is 2.74. The second kappa shape index (κ2) is 6.45. The SMILES string of the molecule is CC(=O)c1cccc(NC(=O)C2Cc3cc(Cl)ccc3C(=O)O2)c1. The van der Waals surface area contributed by atoms with Crippen LogP contribution in [-0.4, -0.2) is 23.8 Å². The summed E-state index contributed by atoms with van der Waals surface area (Å²) >= 11 is 5.94. The number of fused-ring (bicyclic) bond motifs is 1. The molecular weight excluding hydrogens is 330 g/mol. The summed E-state index contributed by atoms with van der Waals surface area (Å²) in [5, 5.41) is 3.17. The van der Waals surface area contributed by atoms with Crippen LogP contribution in [0, 0.1) is 0 Å². The molecule has 24 heavy (non-hydrogen) atoms. The highest BCUT2D eigenvalue weighted by Gasteiger charge is 2.31. The van der Waals surface area contributed by atoms with Gasteiger partial charge in [-0.25, -0.2) is 4.79 Å². The first-order chi connectivity index (χ1) is 11.4. The van der Waals surface area contributed by atoms with Gasteiger partial charge < -0.3 is 10.1 Å². The molecule has 1 amide bonds. The Morgan fingerprint density at radius 1 is 1.21 bits per heavy atom. The molecule has 1 aliphatic heterocycles. The third-order valence-electron chi connectivity index (χ3n) is 3.77. The number of hydrogen-bond acceptors (Lipinski definition) is 4. The predicted octanol–water partition coefficient (Wildman–Crippen LogP) is 3.26. The maximum atomic E-state index is 12.4. The first-order valence-corrected chi connectivity index (χ1v) is 7.73. The maximum Gasteiger partial charge on any atom is 0.339 e. The molecule has 0 fully saturated rings. The summed E-state index contributed by atoms with van der Waals surface area (Å²) in [5.74, 6) is -1.10. The molecule has 0 saturated carbocycles. The van der Waals surface area contributed by atoms with Gasteiger partial charge >= 0.3 is 5.97 Å². The van der Waals surface area contributed by atoms with Gasteiger partial charge in [-0.05, 0) is 42.8 Å². The van der Waals surface area contributed by atoms with E-state index in [0.29, 0.717) is 27.4 Å². The molecule has 122 valence electrons. The Morgan fingerprint density at radius 2 is 2.00 bits per heavy atom. The van der Waals surface area contributed by atoms with Gasteiger partial charge in [0, 0.05) is 22.7 Å². The average molecular weight is 344 g/mol. The molecule has 0 bridgehead atoms. The van der Waals surface area contributed by atoms with Crippen LogP contribution in [0.2, 0.25) is 5.02 Å². The van der Waals surface area contributed by atoms with Crippen LogP contribution in [0.3, 0.4) is 0 Å². The molecular formula is C18H14ClNO4. The Labute approximate surface area is 143 Å². The highest BCUT2D eigenvalue weighted by atomic mass is 35.5.